The number of nitrogens with zero attached hydrogens (tertiary/aromatic N) is 2. The first-order chi connectivity index (χ1) is 15.8. The highest BCUT2D eigenvalue weighted by Gasteiger charge is 2.33. The number of cyclic esters (lactones) is 1. The van der Waals surface area contributed by atoms with Crippen LogP contribution in [0.25, 0.3) is 0 Å². The molecule has 1 aliphatic rings. The van der Waals surface area contributed by atoms with E-state index >= 15 is 0 Å². The van der Waals surface area contributed by atoms with E-state index in [2.05, 4.69) is 0 Å². The van der Waals surface area contributed by atoms with Crippen LogP contribution in [-0.2, 0) is 19.0 Å². The van der Waals surface area contributed by atoms with Crippen LogP contribution in [0.2, 0.25) is 0 Å². The Morgan fingerprint density at radius 1 is 1.18 bits per heavy atom. The van der Waals surface area contributed by atoms with Gasteiger partial charge in [-0.3, -0.25) is 14.0 Å². The normalized spacial score (nSPS) is 16.4. The van der Waals surface area contributed by atoms with Crippen molar-refractivity contribution >= 4 is 21.9 Å². The average Bonchev–Trinajstić information content (AvgIpc) is 3.15. The van der Waals surface area contributed by atoms with E-state index in [0.29, 0.717) is 38.2 Å². The van der Waals surface area contributed by atoms with Gasteiger partial charge in [-0.25, -0.2) is 9.18 Å². The Morgan fingerprint density at radius 2 is 1.91 bits per heavy atom. The van der Waals surface area contributed by atoms with Crippen molar-refractivity contribution < 1.29 is 31.6 Å². The van der Waals surface area contributed by atoms with Gasteiger partial charge in [0.1, 0.15) is 11.9 Å². The zero-order valence-corrected chi connectivity index (χ0v) is 19.3. The Labute approximate surface area is 193 Å². The molecule has 33 heavy (non-hydrogen) atoms. The SMILES string of the molecule is Cc1ccc(S(=O)(=O)OCCCN(CCCO)C[C@H]2CN(c3cccc(F)c3)C(=O)O2)cc1. The largest absolute Gasteiger partial charge is 0.443 e. The van der Waals surface area contributed by atoms with Crippen molar-refractivity contribution in [2.75, 3.05) is 44.3 Å². The number of aliphatic hydroxyl groups excluding tert-OH is 1. The monoisotopic (exact) mass is 480 g/mol. The third-order valence-electron chi connectivity index (χ3n) is 5.26. The molecule has 0 aromatic heterocycles. The highest BCUT2D eigenvalue weighted by Crippen LogP contribution is 2.23. The maximum absolute atomic E-state index is 13.5. The van der Waals surface area contributed by atoms with Crippen molar-refractivity contribution in [3.05, 3.63) is 59.9 Å². The minimum atomic E-state index is -3.83. The second-order valence-electron chi connectivity index (χ2n) is 7.92. The molecular formula is C23H29FN2O6S. The van der Waals surface area contributed by atoms with Crippen molar-refractivity contribution in [1.82, 2.24) is 4.90 Å². The number of hydrogen-bond donors (Lipinski definition) is 1. The van der Waals surface area contributed by atoms with Crippen LogP contribution < -0.4 is 4.90 Å². The smallest absolute Gasteiger partial charge is 0.414 e. The highest BCUT2D eigenvalue weighted by atomic mass is 32.2. The summed E-state index contributed by atoms with van der Waals surface area (Å²) in [5.74, 6) is -0.436. The fourth-order valence-corrected chi connectivity index (χ4v) is 4.52. The van der Waals surface area contributed by atoms with Crippen molar-refractivity contribution in [1.29, 1.82) is 0 Å². The van der Waals surface area contributed by atoms with E-state index in [0.717, 1.165) is 5.56 Å². The molecule has 1 fully saturated rings. The van der Waals surface area contributed by atoms with E-state index in [1.807, 2.05) is 11.8 Å². The van der Waals surface area contributed by atoms with Gasteiger partial charge in [-0.05, 0) is 50.1 Å². The molecule has 3 rings (SSSR count). The second kappa shape index (κ2) is 11.6. The van der Waals surface area contributed by atoms with Gasteiger partial charge in [0.2, 0.25) is 0 Å². The number of aliphatic hydroxyl groups is 1. The molecule has 0 bridgehead atoms. The summed E-state index contributed by atoms with van der Waals surface area (Å²) in [7, 11) is -3.83. The summed E-state index contributed by atoms with van der Waals surface area (Å²) in [4.78, 5) is 15.7. The number of rotatable bonds is 12. The molecule has 0 saturated carbocycles. The van der Waals surface area contributed by atoms with Crippen LogP contribution in [0, 0.1) is 12.7 Å². The second-order valence-corrected chi connectivity index (χ2v) is 9.53. The summed E-state index contributed by atoms with van der Waals surface area (Å²) < 4.78 is 48.7. The Balaban J connectivity index is 1.51. The zero-order valence-electron chi connectivity index (χ0n) is 18.5. The van der Waals surface area contributed by atoms with Gasteiger partial charge in [-0.1, -0.05) is 23.8 Å². The molecule has 2 aromatic carbocycles. The molecule has 1 heterocycles. The van der Waals surface area contributed by atoms with Gasteiger partial charge in [0.25, 0.3) is 10.1 Å². The van der Waals surface area contributed by atoms with Crippen LogP contribution in [0.1, 0.15) is 18.4 Å². The van der Waals surface area contributed by atoms with Gasteiger partial charge in [0.15, 0.2) is 0 Å². The zero-order chi connectivity index (χ0) is 23.8. The summed E-state index contributed by atoms with van der Waals surface area (Å²) >= 11 is 0. The molecule has 0 spiro atoms. The Bertz CT molecular complexity index is 1030. The van der Waals surface area contributed by atoms with Gasteiger partial charge in [-0.2, -0.15) is 8.42 Å². The molecule has 180 valence electrons. The quantitative estimate of drug-likeness (QED) is 0.369. The first-order valence-corrected chi connectivity index (χ1v) is 12.2. The van der Waals surface area contributed by atoms with Gasteiger partial charge >= 0.3 is 6.09 Å². The van der Waals surface area contributed by atoms with E-state index < -0.39 is 28.1 Å². The minimum Gasteiger partial charge on any atom is -0.443 e. The average molecular weight is 481 g/mol. The van der Waals surface area contributed by atoms with Crippen LogP contribution in [0.15, 0.2) is 53.4 Å². The molecule has 1 amide bonds. The molecule has 1 aliphatic heterocycles. The number of anilines is 1. The lowest BCUT2D eigenvalue weighted by Crippen LogP contribution is -2.37. The molecule has 1 N–H and O–H groups in total. The Morgan fingerprint density at radius 3 is 2.61 bits per heavy atom. The predicted octanol–water partition coefficient (Wildman–Crippen LogP) is 2.94. The molecule has 1 saturated heterocycles. The number of ether oxygens (including phenoxy) is 1. The molecule has 10 heteroatoms. The number of carbonyl (C=O) groups excluding carboxylic acids is 1. The Kier molecular flexibility index (Phi) is 8.79. The third-order valence-corrected chi connectivity index (χ3v) is 6.58. The molecule has 8 nitrogen and oxygen atoms in total. The van der Waals surface area contributed by atoms with Crippen molar-refractivity contribution in [2.45, 2.75) is 30.8 Å². The standard InChI is InChI=1S/C23H29FN2O6S/c1-18-7-9-22(10-8-18)33(29,30)31-14-4-12-25(11-3-13-27)16-21-17-26(23(28)32-21)20-6-2-5-19(24)15-20/h2,5-10,15,21,27H,3-4,11-14,16-17H2,1H3/t21-/m0/s1. The van der Waals surface area contributed by atoms with Crippen molar-refractivity contribution in [3.8, 4) is 0 Å². The van der Waals surface area contributed by atoms with Gasteiger partial charge in [-0.15, -0.1) is 0 Å². The van der Waals surface area contributed by atoms with Gasteiger partial charge in [0, 0.05) is 26.2 Å². The number of halogens is 1. The van der Waals surface area contributed by atoms with E-state index in [9.17, 15) is 22.7 Å². The van der Waals surface area contributed by atoms with Gasteiger partial charge in [0.05, 0.1) is 23.7 Å². The van der Waals surface area contributed by atoms with E-state index in [1.165, 1.54) is 35.2 Å². The van der Waals surface area contributed by atoms with Gasteiger partial charge < -0.3 is 9.84 Å². The summed E-state index contributed by atoms with van der Waals surface area (Å²) in [6.45, 7) is 3.61. The van der Waals surface area contributed by atoms with Crippen LogP contribution in [0.3, 0.4) is 0 Å². The summed E-state index contributed by atoms with van der Waals surface area (Å²) in [6, 6.07) is 12.2. The Hall–Kier alpha value is -2.53. The van der Waals surface area contributed by atoms with E-state index in [4.69, 9.17) is 8.92 Å². The number of hydrogen-bond acceptors (Lipinski definition) is 7. The van der Waals surface area contributed by atoms with Crippen LogP contribution >= 0.6 is 0 Å². The molecule has 0 unspecified atom stereocenters. The van der Waals surface area contributed by atoms with Crippen molar-refractivity contribution in [2.24, 2.45) is 0 Å². The lowest BCUT2D eigenvalue weighted by atomic mass is 10.2. The molecule has 0 radical (unpaired) electrons. The molecule has 1 atom stereocenters. The number of benzene rings is 2. The third kappa shape index (κ3) is 7.23. The molecular weight excluding hydrogens is 451 g/mol. The summed E-state index contributed by atoms with van der Waals surface area (Å²) in [6.07, 6.45) is -0.0152. The summed E-state index contributed by atoms with van der Waals surface area (Å²) in [5, 5.41) is 9.20. The number of aryl methyl sites for hydroxylation is 1. The van der Waals surface area contributed by atoms with Crippen LogP contribution in [0.5, 0.6) is 0 Å². The lowest BCUT2D eigenvalue weighted by molar-refractivity contribution is 0.102. The molecule has 0 aliphatic carbocycles. The maximum atomic E-state index is 13.5. The number of carbonyl (C=O) groups is 1. The fourth-order valence-electron chi connectivity index (χ4n) is 3.58. The maximum Gasteiger partial charge on any atom is 0.414 e. The topological polar surface area (TPSA) is 96.4 Å². The lowest BCUT2D eigenvalue weighted by Gasteiger charge is -2.24. The number of amides is 1. The first kappa shape index (κ1) is 25.1. The highest BCUT2D eigenvalue weighted by molar-refractivity contribution is 7.86. The summed E-state index contributed by atoms with van der Waals surface area (Å²) in [5.41, 5.74) is 1.39. The first-order valence-electron chi connectivity index (χ1n) is 10.8. The van der Waals surface area contributed by atoms with Crippen LogP contribution in [0.4, 0.5) is 14.9 Å². The predicted molar refractivity (Wildman–Crippen MR) is 121 cm³/mol. The minimum absolute atomic E-state index is 0.00566. The van der Waals surface area contributed by atoms with Crippen molar-refractivity contribution in [3.63, 3.8) is 0 Å². The fraction of sp³-hybridized carbons (Fsp3) is 0.435. The van der Waals surface area contributed by atoms with E-state index in [1.54, 1.807) is 18.2 Å². The van der Waals surface area contributed by atoms with E-state index in [-0.39, 0.29) is 24.7 Å². The van der Waals surface area contributed by atoms with Crippen LogP contribution in [-0.4, -0.2) is 70.0 Å². The molecule has 2 aromatic rings.